The minimum Gasteiger partial charge on any atom is -0.491 e. The van der Waals surface area contributed by atoms with E-state index in [2.05, 4.69) is 11.4 Å². The van der Waals surface area contributed by atoms with Gasteiger partial charge in [0, 0.05) is 19.2 Å². The van der Waals surface area contributed by atoms with E-state index in [1.165, 1.54) is 18.1 Å². The normalized spacial score (nSPS) is 16.7. The molecule has 1 amide bonds. The van der Waals surface area contributed by atoms with Gasteiger partial charge in [-0.1, -0.05) is 30.3 Å². The van der Waals surface area contributed by atoms with Gasteiger partial charge in [0.25, 0.3) is 0 Å². The fourth-order valence-electron chi connectivity index (χ4n) is 3.94. The molecule has 0 spiro atoms. The van der Waals surface area contributed by atoms with Crippen LogP contribution in [0.25, 0.3) is 0 Å². The van der Waals surface area contributed by atoms with Crippen LogP contribution in [0.3, 0.4) is 0 Å². The Hall–Kier alpha value is -2.24. The summed E-state index contributed by atoms with van der Waals surface area (Å²) in [6.07, 6.45) is 4.22. The minimum atomic E-state index is -0.504. The predicted octanol–water partition coefficient (Wildman–Crippen LogP) is 3.65. The Morgan fingerprint density at radius 3 is 2.76 bits per heavy atom. The maximum Gasteiger partial charge on any atom is 0.217 e. The number of ether oxygens (including phenoxy) is 1. The zero-order valence-corrected chi connectivity index (χ0v) is 17.7. The first kappa shape index (κ1) is 23.0. The first-order valence-electron chi connectivity index (χ1n) is 10.0. The highest BCUT2D eigenvalue weighted by Gasteiger charge is 2.22. The topological polar surface area (TPSA) is 84.6 Å². The van der Waals surface area contributed by atoms with E-state index in [1.54, 1.807) is 0 Å². The third-order valence-corrected chi connectivity index (χ3v) is 5.41. The molecule has 0 saturated carbocycles. The van der Waals surface area contributed by atoms with Crippen LogP contribution in [-0.2, 0) is 24.2 Å². The summed E-state index contributed by atoms with van der Waals surface area (Å²) >= 11 is 0. The van der Waals surface area contributed by atoms with Gasteiger partial charge in [0.2, 0.25) is 5.91 Å². The van der Waals surface area contributed by atoms with Crippen molar-refractivity contribution in [2.75, 3.05) is 12.3 Å². The number of para-hydroxylation sites is 1. The van der Waals surface area contributed by atoms with Gasteiger partial charge in [-0.25, -0.2) is 0 Å². The van der Waals surface area contributed by atoms with Gasteiger partial charge in [0.1, 0.15) is 12.4 Å². The number of aryl methyl sites for hydroxylation is 1. The third kappa shape index (κ3) is 6.65. The molecule has 0 aliphatic heterocycles. The molecule has 2 aromatic rings. The van der Waals surface area contributed by atoms with E-state index in [-0.39, 0.29) is 18.3 Å². The van der Waals surface area contributed by atoms with Crippen LogP contribution in [0.2, 0.25) is 0 Å². The second-order valence-electron chi connectivity index (χ2n) is 7.66. The molecule has 5 nitrogen and oxygen atoms in total. The number of aliphatic hydroxyl groups is 1. The number of amides is 1. The summed E-state index contributed by atoms with van der Waals surface area (Å²) in [4.78, 5) is 11.2. The van der Waals surface area contributed by atoms with Crippen molar-refractivity contribution in [1.82, 2.24) is 5.32 Å². The predicted molar refractivity (Wildman–Crippen MR) is 118 cm³/mol. The number of hydrogen-bond acceptors (Lipinski definition) is 4. The lowest BCUT2D eigenvalue weighted by molar-refractivity contribution is -0.119. The van der Waals surface area contributed by atoms with E-state index in [9.17, 15) is 9.90 Å². The van der Waals surface area contributed by atoms with Crippen LogP contribution in [0, 0.1) is 5.92 Å². The highest BCUT2D eigenvalue weighted by molar-refractivity contribution is 5.85. The second kappa shape index (κ2) is 11.1. The highest BCUT2D eigenvalue weighted by atomic mass is 35.5. The Morgan fingerprint density at radius 2 is 2.03 bits per heavy atom. The number of fused-ring (bicyclic) bond motifs is 1. The largest absolute Gasteiger partial charge is 0.491 e. The smallest absolute Gasteiger partial charge is 0.217 e. The Labute approximate surface area is 179 Å². The van der Waals surface area contributed by atoms with E-state index in [4.69, 9.17) is 10.5 Å². The Bertz CT molecular complexity index is 798. The van der Waals surface area contributed by atoms with Crippen LogP contribution in [0.5, 0.6) is 5.75 Å². The molecule has 2 aromatic carbocycles. The number of nitrogen functional groups attached to an aromatic ring is 1. The lowest BCUT2D eigenvalue weighted by atomic mass is 9.90. The second-order valence-corrected chi connectivity index (χ2v) is 7.66. The van der Waals surface area contributed by atoms with Crippen LogP contribution in [-0.4, -0.2) is 23.7 Å². The molecule has 1 unspecified atom stereocenters. The number of halogens is 1. The van der Waals surface area contributed by atoms with Gasteiger partial charge in [0.05, 0.1) is 6.10 Å². The summed E-state index contributed by atoms with van der Waals surface area (Å²) in [6, 6.07) is 13.7. The number of carbonyl (C=O) groups is 1. The summed E-state index contributed by atoms with van der Waals surface area (Å²) in [7, 11) is 0. The number of nitrogens with two attached hydrogens (primary N) is 1. The van der Waals surface area contributed by atoms with E-state index < -0.39 is 6.10 Å². The van der Waals surface area contributed by atoms with E-state index in [0.29, 0.717) is 25.5 Å². The average Bonchev–Trinajstić information content (AvgIpc) is 2.89. The van der Waals surface area contributed by atoms with Crippen molar-refractivity contribution in [3.05, 3.63) is 59.2 Å². The molecule has 6 heteroatoms. The van der Waals surface area contributed by atoms with E-state index in [0.717, 1.165) is 42.7 Å². The summed E-state index contributed by atoms with van der Waals surface area (Å²) < 4.78 is 5.69. The van der Waals surface area contributed by atoms with Crippen LogP contribution >= 0.6 is 12.4 Å². The van der Waals surface area contributed by atoms with Gasteiger partial charge >= 0.3 is 0 Å². The first-order valence-corrected chi connectivity index (χ1v) is 10.0. The highest BCUT2D eigenvalue weighted by Crippen LogP contribution is 2.32. The summed E-state index contributed by atoms with van der Waals surface area (Å²) in [5.74, 6) is 1.09. The van der Waals surface area contributed by atoms with Crippen molar-refractivity contribution in [1.29, 1.82) is 0 Å². The van der Waals surface area contributed by atoms with E-state index >= 15 is 0 Å². The first-order chi connectivity index (χ1) is 13.5. The number of aliphatic hydroxyl groups excluding tert-OH is 1. The number of hydrogen-bond donors (Lipinski definition) is 3. The lowest BCUT2D eigenvalue weighted by Gasteiger charge is -2.21. The van der Waals surface area contributed by atoms with Crippen LogP contribution in [0.4, 0.5) is 5.69 Å². The fourth-order valence-corrected chi connectivity index (χ4v) is 3.94. The molecule has 29 heavy (non-hydrogen) atoms. The lowest BCUT2D eigenvalue weighted by Crippen LogP contribution is -2.23. The number of carbonyl (C=O) groups excluding carboxylic acids is 1. The van der Waals surface area contributed by atoms with Gasteiger partial charge in [-0.3, -0.25) is 4.79 Å². The number of nitrogens with one attached hydrogen (secondary N) is 1. The van der Waals surface area contributed by atoms with Crippen molar-refractivity contribution in [3.8, 4) is 5.75 Å². The molecule has 0 fully saturated rings. The van der Waals surface area contributed by atoms with Gasteiger partial charge in [-0.15, -0.1) is 12.4 Å². The maximum absolute atomic E-state index is 11.2. The zero-order valence-electron chi connectivity index (χ0n) is 16.9. The van der Waals surface area contributed by atoms with Crippen LogP contribution in [0.1, 0.15) is 42.9 Å². The van der Waals surface area contributed by atoms with Crippen molar-refractivity contribution in [2.45, 2.75) is 51.7 Å². The maximum atomic E-state index is 11.2. The van der Waals surface area contributed by atoms with Crippen LogP contribution < -0.4 is 15.8 Å². The van der Waals surface area contributed by atoms with Gasteiger partial charge in [-0.2, -0.15) is 0 Å². The molecule has 2 atom stereocenters. The Balaban J connectivity index is 0.00000300. The van der Waals surface area contributed by atoms with Crippen molar-refractivity contribution >= 4 is 24.0 Å². The SMILES string of the molecule is CC(=O)NCc1ccc2c(c1N)CC(C[C@H](O)COc1ccccc1)CCC2.Cl. The summed E-state index contributed by atoms with van der Waals surface area (Å²) in [5, 5.41) is 13.3. The quantitative estimate of drug-likeness (QED) is 0.473. The van der Waals surface area contributed by atoms with Gasteiger partial charge in [0.15, 0.2) is 0 Å². The Morgan fingerprint density at radius 1 is 1.28 bits per heavy atom. The van der Waals surface area contributed by atoms with Gasteiger partial charge in [-0.05, 0) is 66.8 Å². The number of rotatable bonds is 7. The number of anilines is 1. The molecule has 4 N–H and O–H groups in total. The third-order valence-electron chi connectivity index (χ3n) is 5.41. The van der Waals surface area contributed by atoms with Gasteiger partial charge < -0.3 is 20.9 Å². The van der Waals surface area contributed by atoms with E-state index in [1.807, 2.05) is 36.4 Å². The molecule has 0 aromatic heterocycles. The minimum absolute atomic E-state index is 0. The molecule has 1 aliphatic carbocycles. The molecule has 1 aliphatic rings. The molecule has 0 radical (unpaired) electrons. The number of benzene rings is 2. The molecule has 3 rings (SSSR count). The van der Waals surface area contributed by atoms with Crippen molar-refractivity contribution in [2.24, 2.45) is 5.92 Å². The standard InChI is InChI=1S/C23H30N2O3.ClH/c1-16(26)25-14-19-11-10-18-7-5-6-17(13-22(18)23(19)24)12-20(27)15-28-21-8-3-2-4-9-21;/h2-4,8-11,17,20,27H,5-7,12-15,24H2,1H3,(H,25,26);1H/t17?,20-;/m0./s1. The van der Waals surface area contributed by atoms with Crippen LogP contribution in [0.15, 0.2) is 42.5 Å². The summed E-state index contributed by atoms with van der Waals surface area (Å²) in [6.45, 7) is 2.26. The fraction of sp³-hybridized carbons (Fsp3) is 0.435. The van der Waals surface area contributed by atoms with Crippen molar-refractivity contribution < 1.29 is 14.6 Å². The molecular formula is C23H31ClN2O3. The summed E-state index contributed by atoms with van der Waals surface area (Å²) in [5.41, 5.74) is 10.7. The average molecular weight is 419 g/mol. The molecule has 0 bridgehead atoms. The monoisotopic (exact) mass is 418 g/mol. The Kier molecular flexibility index (Phi) is 8.80. The molecular weight excluding hydrogens is 388 g/mol. The molecule has 0 saturated heterocycles. The van der Waals surface area contributed by atoms with Crippen molar-refractivity contribution in [3.63, 3.8) is 0 Å². The zero-order chi connectivity index (χ0) is 19.9. The molecule has 0 heterocycles. The molecule has 158 valence electrons.